The predicted octanol–water partition coefficient (Wildman–Crippen LogP) is 4.85. The van der Waals surface area contributed by atoms with Crippen LogP contribution in [0.1, 0.15) is 12.0 Å². The van der Waals surface area contributed by atoms with Gasteiger partial charge in [0, 0.05) is 5.56 Å². The third-order valence-electron chi connectivity index (χ3n) is 4.24. The number of nitrogens with zero attached hydrogens (tertiary/aromatic N) is 1. The van der Waals surface area contributed by atoms with E-state index in [-0.39, 0.29) is 17.1 Å². The van der Waals surface area contributed by atoms with Crippen molar-refractivity contribution in [3.8, 4) is 11.1 Å². The number of alkyl halides is 1. The van der Waals surface area contributed by atoms with Crippen molar-refractivity contribution in [2.75, 3.05) is 5.32 Å². The summed E-state index contributed by atoms with van der Waals surface area (Å²) < 4.78 is 42.0. The molecule has 3 nitrogen and oxygen atoms in total. The van der Waals surface area contributed by atoms with E-state index >= 15 is 0 Å². The first-order chi connectivity index (χ1) is 11.9. The zero-order chi connectivity index (χ0) is 17.7. The van der Waals surface area contributed by atoms with E-state index in [1.807, 2.05) is 0 Å². The minimum absolute atomic E-state index is 0.102. The number of halogens is 3. The zero-order valence-corrected chi connectivity index (χ0v) is 14.0. The molecule has 128 valence electrons. The van der Waals surface area contributed by atoms with Crippen molar-refractivity contribution in [3.63, 3.8) is 0 Å². The molecule has 25 heavy (non-hydrogen) atoms. The molecule has 0 spiro atoms. The fraction of sp³-hybridized carbons (Fsp3) is 0.222. The average molecular weight is 362 g/mol. The zero-order valence-electron chi connectivity index (χ0n) is 13.1. The van der Waals surface area contributed by atoms with Crippen LogP contribution < -0.4 is 5.32 Å². The Hall–Kier alpha value is -2.41. The topological polar surface area (TPSA) is 42.0 Å². The fourth-order valence-electron chi connectivity index (χ4n) is 2.82. The van der Waals surface area contributed by atoms with Gasteiger partial charge in [-0.2, -0.15) is 0 Å². The molecule has 1 unspecified atom stereocenters. The van der Waals surface area contributed by atoms with Crippen molar-refractivity contribution in [1.29, 1.82) is 0 Å². The Bertz CT molecular complexity index is 981. The number of amides is 1. The largest absolute Gasteiger partial charge is 0.302 e. The molecule has 1 fully saturated rings. The predicted molar refractivity (Wildman–Crippen MR) is 91.3 cm³/mol. The van der Waals surface area contributed by atoms with Gasteiger partial charge < -0.3 is 5.32 Å². The first kappa shape index (κ1) is 16.1. The standard InChI is InChI=1S/C18H13F3N2OS/c1-8-3-2-4-11(19)15(8)9-5-13(21)16-14(6-9)25-18(22-16)23-17(24)10-7-12(10)20/h2-6,10,12H,7H2,1H3,(H,22,23,24)/t10-,12?/m1/s1. The van der Waals surface area contributed by atoms with Crippen molar-refractivity contribution in [2.45, 2.75) is 19.5 Å². The second-order valence-electron chi connectivity index (χ2n) is 6.10. The second-order valence-corrected chi connectivity index (χ2v) is 7.13. The summed E-state index contributed by atoms with van der Waals surface area (Å²) in [6.07, 6.45) is -0.899. The number of benzene rings is 2. The lowest BCUT2D eigenvalue weighted by Crippen LogP contribution is -2.14. The van der Waals surface area contributed by atoms with E-state index in [0.717, 1.165) is 11.3 Å². The third kappa shape index (κ3) is 2.89. The number of rotatable bonds is 3. The quantitative estimate of drug-likeness (QED) is 0.724. The monoisotopic (exact) mass is 362 g/mol. The molecule has 1 amide bonds. The molecule has 0 radical (unpaired) electrons. The molecule has 0 saturated heterocycles. The molecular weight excluding hydrogens is 349 g/mol. The van der Waals surface area contributed by atoms with Gasteiger partial charge in [-0.25, -0.2) is 18.2 Å². The summed E-state index contributed by atoms with van der Waals surface area (Å²) >= 11 is 1.08. The van der Waals surface area contributed by atoms with Gasteiger partial charge >= 0.3 is 0 Å². The average Bonchev–Trinajstić information content (AvgIpc) is 3.13. The summed E-state index contributed by atoms with van der Waals surface area (Å²) in [7, 11) is 0. The lowest BCUT2D eigenvalue weighted by atomic mass is 10.00. The minimum atomic E-state index is -1.11. The van der Waals surface area contributed by atoms with Crippen LogP contribution in [0, 0.1) is 24.5 Å². The Morgan fingerprint density at radius 2 is 2.04 bits per heavy atom. The van der Waals surface area contributed by atoms with Crippen molar-refractivity contribution in [1.82, 2.24) is 4.98 Å². The van der Waals surface area contributed by atoms with Crippen LogP contribution in [0.15, 0.2) is 30.3 Å². The molecule has 1 saturated carbocycles. The molecule has 1 N–H and O–H groups in total. The number of fused-ring (bicyclic) bond motifs is 1. The van der Waals surface area contributed by atoms with E-state index in [1.54, 1.807) is 25.1 Å². The summed E-state index contributed by atoms with van der Waals surface area (Å²) in [6, 6.07) is 7.55. The second kappa shape index (κ2) is 5.84. The maximum absolute atomic E-state index is 14.4. The highest BCUT2D eigenvalue weighted by Gasteiger charge is 2.43. The maximum atomic E-state index is 14.4. The molecule has 3 aromatic rings. The molecule has 1 aromatic heterocycles. The lowest BCUT2D eigenvalue weighted by Gasteiger charge is -2.07. The third-order valence-corrected chi connectivity index (χ3v) is 5.16. The van der Waals surface area contributed by atoms with E-state index in [4.69, 9.17) is 0 Å². The Kier molecular flexibility index (Phi) is 3.76. The van der Waals surface area contributed by atoms with Crippen LogP contribution in [0.25, 0.3) is 21.3 Å². The number of carbonyl (C=O) groups excluding carboxylic acids is 1. The van der Waals surface area contributed by atoms with Gasteiger partial charge in [0.05, 0.1) is 10.6 Å². The first-order valence-corrected chi connectivity index (χ1v) is 8.56. The van der Waals surface area contributed by atoms with Crippen LogP contribution in [-0.2, 0) is 4.79 Å². The smallest absolute Gasteiger partial charge is 0.232 e. The molecule has 4 rings (SSSR count). The van der Waals surface area contributed by atoms with Gasteiger partial charge in [0.2, 0.25) is 5.91 Å². The maximum Gasteiger partial charge on any atom is 0.232 e. The van der Waals surface area contributed by atoms with Gasteiger partial charge in [0.25, 0.3) is 0 Å². The number of nitrogens with one attached hydrogen (secondary N) is 1. The van der Waals surface area contributed by atoms with E-state index in [1.165, 1.54) is 12.1 Å². The van der Waals surface area contributed by atoms with Gasteiger partial charge in [-0.05, 0) is 42.7 Å². The highest BCUT2D eigenvalue weighted by molar-refractivity contribution is 7.22. The van der Waals surface area contributed by atoms with Crippen LogP contribution in [0.3, 0.4) is 0 Å². The van der Waals surface area contributed by atoms with E-state index in [9.17, 15) is 18.0 Å². The molecule has 1 aliphatic rings. The van der Waals surface area contributed by atoms with E-state index in [2.05, 4.69) is 10.3 Å². The molecule has 0 aliphatic heterocycles. The van der Waals surface area contributed by atoms with Crippen molar-refractivity contribution >= 4 is 32.6 Å². The van der Waals surface area contributed by atoms with Gasteiger partial charge in [-0.1, -0.05) is 23.5 Å². The number of carbonyl (C=O) groups is 1. The highest BCUT2D eigenvalue weighted by atomic mass is 32.1. The van der Waals surface area contributed by atoms with Gasteiger partial charge in [0.15, 0.2) is 10.9 Å². The SMILES string of the molecule is Cc1cccc(F)c1-c1cc(F)c2nc(NC(=O)[C@@H]3CC3F)sc2c1. The Balaban J connectivity index is 1.73. The fourth-order valence-corrected chi connectivity index (χ4v) is 3.74. The summed E-state index contributed by atoms with van der Waals surface area (Å²) in [5, 5.41) is 2.73. The molecular formula is C18H13F3N2OS. The number of hydrogen-bond donors (Lipinski definition) is 1. The van der Waals surface area contributed by atoms with E-state index < -0.39 is 29.6 Å². The summed E-state index contributed by atoms with van der Waals surface area (Å²) in [4.78, 5) is 15.9. The molecule has 7 heteroatoms. The molecule has 0 bridgehead atoms. The van der Waals surface area contributed by atoms with E-state index in [0.29, 0.717) is 21.4 Å². The van der Waals surface area contributed by atoms with Crippen LogP contribution in [0.2, 0.25) is 0 Å². The number of anilines is 1. The van der Waals surface area contributed by atoms with Gasteiger partial charge in [0.1, 0.15) is 17.5 Å². The normalized spacial score (nSPS) is 19.2. The lowest BCUT2D eigenvalue weighted by molar-refractivity contribution is -0.117. The summed E-state index contributed by atoms with van der Waals surface area (Å²) in [5.41, 5.74) is 1.54. The molecule has 2 aromatic carbocycles. The summed E-state index contributed by atoms with van der Waals surface area (Å²) in [5.74, 6) is -2.12. The minimum Gasteiger partial charge on any atom is -0.302 e. The molecule has 2 atom stereocenters. The molecule has 1 heterocycles. The number of hydrogen-bond acceptors (Lipinski definition) is 3. The van der Waals surface area contributed by atoms with Crippen molar-refractivity contribution in [2.24, 2.45) is 5.92 Å². The van der Waals surface area contributed by atoms with Crippen LogP contribution in [-0.4, -0.2) is 17.1 Å². The first-order valence-electron chi connectivity index (χ1n) is 7.74. The van der Waals surface area contributed by atoms with Gasteiger partial charge in [-0.3, -0.25) is 4.79 Å². The Morgan fingerprint density at radius 1 is 1.28 bits per heavy atom. The number of aromatic nitrogens is 1. The van der Waals surface area contributed by atoms with Crippen molar-refractivity contribution in [3.05, 3.63) is 47.5 Å². The Labute approximate surface area is 145 Å². The highest BCUT2D eigenvalue weighted by Crippen LogP contribution is 2.37. The number of aryl methyl sites for hydroxylation is 1. The van der Waals surface area contributed by atoms with Crippen LogP contribution in [0.5, 0.6) is 0 Å². The van der Waals surface area contributed by atoms with Crippen LogP contribution >= 0.6 is 11.3 Å². The van der Waals surface area contributed by atoms with Crippen molar-refractivity contribution < 1.29 is 18.0 Å². The van der Waals surface area contributed by atoms with Gasteiger partial charge in [-0.15, -0.1) is 0 Å². The molecule has 1 aliphatic carbocycles. The Morgan fingerprint density at radius 3 is 2.72 bits per heavy atom. The van der Waals surface area contributed by atoms with Crippen LogP contribution in [0.4, 0.5) is 18.3 Å². The number of thiazole rings is 1. The summed E-state index contributed by atoms with van der Waals surface area (Å²) in [6.45, 7) is 1.75.